The van der Waals surface area contributed by atoms with Gasteiger partial charge in [-0.3, -0.25) is 4.99 Å². The number of aryl methyl sites for hydroxylation is 1. The molecule has 4 nitrogen and oxygen atoms in total. The van der Waals surface area contributed by atoms with E-state index < -0.39 is 0 Å². The summed E-state index contributed by atoms with van der Waals surface area (Å²) < 4.78 is 13.3. The molecule has 3 N–H and O–H groups in total. The molecule has 118 valence electrons. The summed E-state index contributed by atoms with van der Waals surface area (Å²) in [5, 5.41) is 3.30. The SMILES string of the molecule is Nc1nc2c(c(-c3ccc(F)cc3)c1C1=NCCN1)CCCC2. The normalized spacial score (nSPS) is 16.7. The molecule has 0 amide bonds. The van der Waals surface area contributed by atoms with Gasteiger partial charge < -0.3 is 11.1 Å². The molecule has 2 aliphatic rings. The predicted octanol–water partition coefficient (Wildman–Crippen LogP) is 2.70. The average molecular weight is 310 g/mol. The Kier molecular flexibility index (Phi) is 3.48. The van der Waals surface area contributed by atoms with Crippen molar-refractivity contribution < 1.29 is 4.39 Å². The number of anilines is 1. The third kappa shape index (κ3) is 2.46. The minimum atomic E-state index is -0.234. The average Bonchev–Trinajstić information content (AvgIpc) is 3.08. The molecule has 0 saturated carbocycles. The molecule has 4 rings (SSSR count). The molecule has 2 heterocycles. The second-order valence-electron chi connectivity index (χ2n) is 6.04. The van der Waals surface area contributed by atoms with Crippen LogP contribution in [-0.2, 0) is 12.8 Å². The van der Waals surface area contributed by atoms with Gasteiger partial charge in [0.1, 0.15) is 17.5 Å². The van der Waals surface area contributed by atoms with E-state index in [0.717, 1.165) is 67.0 Å². The van der Waals surface area contributed by atoms with Gasteiger partial charge in [-0.05, 0) is 48.9 Å². The van der Waals surface area contributed by atoms with Crippen molar-refractivity contribution in [3.05, 3.63) is 46.9 Å². The highest BCUT2D eigenvalue weighted by Crippen LogP contribution is 2.36. The van der Waals surface area contributed by atoms with Crippen molar-refractivity contribution >= 4 is 11.7 Å². The summed E-state index contributed by atoms with van der Waals surface area (Å²) >= 11 is 0. The standard InChI is InChI=1S/C18H19FN4/c19-12-7-5-11(6-8-12)15-13-3-1-2-4-14(13)23-17(20)16(15)18-21-9-10-22-18/h5-8H,1-4,9-10H2,(H2,20,23)(H,21,22). The van der Waals surface area contributed by atoms with E-state index in [4.69, 9.17) is 5.73 Å². The van der Waals surface area contributed by atoms with Crippen molar-refractivity contribution in [2.45, 2.75) is 25.7 Å². The zero-order chi connectivity index (χ0) is 15.8. The molecule has 2 aromatic rings. The Morgan fingerprint density at radius 1 is 1.04 bits per heavy atom. The summed E-state index contributed by atoms with van der Waals surface area (Å²) in [6.07, 6.45) is 4.22. The van der Waals surface area contributed by atoms with Crippen molar-refractivity contribution in [2.24, 2.45) is 4.99 Å². The van der Waals surface area contributed by atoms with E-state index in [9.17, 15) is 4.39 Å². The van der Waals surface area contributed by atoms with Crippen LogP contribution in [-0.4, -0.2) is 23.9 Å². The third-order valence-corrected chi connectivity index (χ3v) is 4.55. The molecule has 1 aliphatic carbocycles. The van der Waals surface area contributed by atoms with Crippen molar-refractivity contribution in [1.29, 1.82) is 0 Å². The lowest BCUT2D eigenvalue weighted by Crippen LogP contribution is -2.24. The van der Waals surface area contributed by atoms with E-state index >= 15 is 0 Å². The minimum absolute atomic E-state index is 0.234. The molecule has 1 aromatic carbocycles. The zero-order valence-corrected chi connectivity index (χ0v) is 12.9. The maximum absolute atomic E-state index is 13.3. The Hall–Kier alpha value is -2.43. The van der Waals surface area contributed by atoms with E-state index in [1.54, 1.807) is 0 Å². The van der Waals surface area contributed by atoms with Crippen LogP contribution < -0.4 is 11.1 Å². The van der Waals surface area contributed by atoms with Crippen LogP contribution in [0.3, 0.4) is 0 Å². The number of benzene rings is 1. The van der Waals surface area contributed by atoms with Gasteiger partial charge in [0.2, 0.25) is 0 Å². The second kappa shape index (κ2) is 5.65. The maximum Gasteiger partial charge on any atom is 0.135 e. The van der Waals surface area contributed by atoms with Gasteiger partial charge in [-0.15, -0.1) is 0 Å². The van der Waals surface area contributed by atoms with Crippen LogP contribution in [0.5, 0.6) is 0 Å². The van der Waals surface area contributed by atoms with E-state index in [2.05, 4.69) is 15.3 Å². The molecule has 0 radical (unpaired) electrons. The lowest BCUT2D eigenvalue weighted by Gasteiger charge is -2.23. The van der Waals surface area contributed by atoms with Gasteiger partial charge in [-0.2, -0.15) is 0 Å². The number of rotatable bonds is 2. The maximum atomic E-state index is 13.3. The molecule has 0 spiro atoms. The number of halogens is 1. The minimum Gasteiger partial charge on any atom is -0.383 e. The third-order valence-electron chi connectivity index (χ3n) is 4.55. The number of nitrogens with two attached hydrogens (primary N) is 1. The number of amidine groups is 1. The number of pyridine rings is 1. The van der Waals surface area contributed by atoms with Crippen molar-refractivity contribution in [3.63, 3.8) is 0 Å². The van der Waals surface area contributed by atoms with E-state index in [1.807, 2.05) is 12.1 Å². The molecule has 0 bridgehead atoms. The summed E-state index contributed by atoms with van der Waals surface area (Å²) in [5.41, 5.74) is 11.5. The van der Waals surface area contributed by atoms with E-state index in [1.165, 1.54) is 17.7 Å². The predicted molar refractivity (Wildman–Crippen MR) is 90.1 cm³/mol. The molecular weight excluding hydrogens is 291 g/mol. The van der Waals surface area contributed by atoms with Crippen LogP contribution in [0.4, 0.5) is 10.2 Å². The molecule has 23 heavy (non-hydrogen) atoms. The number of hydrogen-bond acceptors (Lipinski definition) is 4. The Morgan fingerprint density at radius 3 is 2.57 bits per heavy atom. The van der Waals surface area contributed by atoms with Crippen LogP contribution in [0.15, 0.2) is 29.3 Å². The van der Waals surface area contributed by atoms with Gasteiger partial charge in [0.15, 0.2) is 0 Å². The van der Waals surface area contributed by atoms with Crippen molar-refractivity contribution in [1.82, 2.24) is 10.3 Å². The summed E-state index contributed by atoms with van der Waals surface area (Å²) in [6.45, 7) is 1.56. The number of hydrogen-bond donors (Lipinski definition) is 2. The fourth-order valence-corrected chi connectivity index (χ4v) is 3.50. The topological polar surface area (TPSA) is 63.3 Å². The molecular formula is C18H19FN4. The lowest BCUT2D eigenvalue weighted by molar-refractivity contribution is 0.628. The molecule has 1 aromatic heterocycles. The Labute approximate surface area is 134 Å². The van der Waals surface area contributed by atoms with Crippen molar-refractivity contribution in [3.8, 4) is 11.1 Å². The molecule has 1 aliphatic heterocycles. The number of nitrogens with one attached hydrogen (secondary N) is 1. The first-order valence-corrected chi connectivity index (χ1v) is 8.10. The highest BCUT2D eigenvalue weighted by atomic mass is 19.1. The molecule has 5 heteroatoms. The van der Waals surface area contributed by atoms with Gasteiger partial charge in [0, 0.05) is 17.8 Å². The Balaban J connectivity index is 1.99. The van der Waals surface area contributed by atoms with Gasteiger partial charge in [-0.1, -0.05) is 12.1 Å². The highest BCUT2D eigenvalue weighted by molar-refractivity contribution is 6.09. The fourth-order valence-electron chi connectivity index (χ4n) is 3.50. The van der Waals surface area contributed by atoms with E-state index in [0.29, 0.717) is 5.82 Å². The van der Waals surface area contributed by atoms with Crippen LogP contribution in [0, 0.1) is 5.82 Å². The van der Waals surface area contributed by atoms with Gasteiger partial charge in [0.25, 0.3) is 0 Å². The summed E-state index contributed by atoms with van der Waals surface area (Å²) in [6, 6.07) is 6.62. The molecule has 0 unspecified atom stereocenters. The zero-order valence-electron chi connectivity index (χ0n) is 12.9. The monoisotopic (exact) mass is 310 g/mol. The number of nitrogens with zero attached hydrogens (tertiary/aromatic N) is 2. The summed E-state index contributed by atoms with van der Waals surface area (Å²) in [5.74, 6) is 1.09. The summed E-state index contributed by atoms with van der Waals surface area (Å²) in [4.78, 5) is 9.18. The van der Waals surface area contributed by atoms with Crippen LogP contribution in [0.25, 0.3) is 11.1 Å². The van der Waals surface area contributed by atoms with Gasteiger partial charge in [0.05, 0.1) is 12.1 Å². The smallest absolute Gasteiger partial charge is 0.135 e. The lowest BCUT2D eigenvalue weighted by atomic mass is 9.86. The Bertz CT molecular complexity index is 781. The first-order valence-electron chi connectivity index (χ1n) is 8.10. The molecule has 0 fully saturated rings. The first-order chi connectivity index (χ1) is 11.2. The fraction of sp³-hybridized carbons (Fsp3) is 0.333. The van der Waals surface area contributed by atoms with Crippen LogP contribution in [0.1, 0.15) is 29.7 Å². The summed E-state index contributed by atoms with van der Waals surface area (Å²) in [7, 11) is 0. The molecule has 0 saturated heterocycles. The molecule has 0 atom stereocenters. The number of nitrogen functional groups attached to an aromatic ring is 1. The first kappa shape index (κ1) is 14.2. The van der Waals surface area contributed by atoms with Crippen molar-refractivity contribution in [2.75, 3.05) is 18.8 Å². The number of aliphatic imine (C=N–C) groups is 1. The Morgan fingerprint density at radius 2 is 1.83 bits per heavy atom. The van der Waals surface area contributed by atoms with E-state index in [-0.39, 0.29) is 5.82 Å². The van der Waals surface area contributed by atoms with Crippen LogP contribution in [0.2, 0.25) is 0 Å². The highest BCUT2D eigenvalue weighted by Gasteiger charge is 2.25. The number of aromatic nitrogens is 1. The quantitative estimate of drug-likeness (QED) is 0.896. The van der Waals surface area contributed by atoms with Crippen LogP contribution >= 0.6 is 0 Å². The second-order valence-corrected chi connectivity index (χ2v) is 6.04. The van der Waals surface area contributed by atoms with Gasteiger partial charge in [-0.25, -0.2) is 9.37 Å². The number of fused-ring (bicyclic) bond motifs is 1. The largest absolute Gasteiger partial charge is 0.383 e. The van der Waals surface area contributed by atoms with Gasteiger partial charge >= 0.3 is 0 Å².